The van der Waals surface area contributed by atoms with Gasteiger partial charge in [0.25, 0.3) is 0 Å². The molecule has 0 heterocycles. The van der Waals surface area contributed by atoms with Crippen molar-refractivity contribution in [2.45, 2.75) is 26.4 Å². The number of carbonyl (C=O) groups excluding carboxylic acids is 1. The number of halogens is 1. The standard InChI is InChI=1S/C26H27FN2O4/c1-2-29(26(32)28-16-19-7-4-3-5-8-19)17-22-15-23(33-18-27)11-12-24(22)21-10-6-9-20(13-21)14-25(30)31/h3-13,15H,2,14,16-18H2,1H3,(H,28,32)(H,30,31). The predicted molar refractivity (Wildman–Crippen MR) is 125 cm³/mol. The van der Waals surface area contributed by atoms with Gasteiger partial charge >= 0.3 is 12.0 Å². The summed E-state index contributed by atoms with van der Waals surface area (Å²) in [7, 11) is 0. The van der Waals surface area contributed by atoms with Crippen molar-refractivity contribution in [3.8, 4) is 16.9 Å². The van der Waals surface area contributed by atoms with E-state index in [2.05, 4.69) is 5.32 Å². The summed E-state index contributed by atoms with van der Waals surface area (Å²) in [5.74, 6) is -0.551. The van der Waals surface area contributed by atoms with Crippen LogP contribution in [0, 0.1) is 0 Å². The number of ether oxygens (including phenoxy) is 1. The molecule has 0 radical (unpaired) electrons. The lowest BCUT2D eigenvalue weighted by Crippen LogP contribution is -2.39. The molecule has 0 saturated heterocycles. The fourth-order valence-electron chi connectivity index (χ4n) is 3.58. The van der Waals surface area contributed by atoms with Crippen molar-refractivity contribution in [1.29, 1.82) is 0 Å². The van der Waals surface area contributed by atoms with Crippen LogP contribution in [-0.2, 0) is 24.3 Å². The van der Waals surface area contributed by atoms with Gasteiger partial charge in [0.05, 0.1) is 6.42 Å². The highest BCUT2D eigenvalue weighted by atomic mass is 19.1. The lowest BCUT2D eigenvalue weighted by Gasteiger charge is -2.23. The van der Waals surface area contributed by atoms with E-state index < -0.39 is 12.8 Å². The van der Waals surface area contributed by atoms with E-state index in [1.54, 1.807) is 35.2 Å². The van der Waals surface area contributed by atoms with Crippen molar-refractivity contribution in [3.63, 3.8) is 0 Å². The van der Waals surface area contributed by atoms with E-state index in [1.165, 1.54) is 0 Å². The van der Waals surface area contributed by atoms with Crippen LogP contribution in [-0.4, -0.2) is 35.4 Å². The molecule has 0 unspecified atom stereocenters. The number of benzene rings is 3. The second-order valence-corrected chi connectivity index (χ2v) is 7.50. The van der Waals surface area contributed by atoms with Crippen LogP contribution >= 0.6 is 0 Å². The van der Waals surface area contributed by atoms with E-state index in [9.17, 15) is 14.0 Å². The second kappa shape index (κ2) is 11.7. The van der Waals surface area contributed by atoms with Gasteiger partial charge in [-0.25, -0.2) is 9.18 Å². The number of hydrogen-bond donors (Lipinski definition) is 2. The third-order valence-corrected chi connectivity index (χ3v) is 5.21. The molecule has 0 aliphatic rings. The summed E-state index contributed by atoms with van der Waals surface area (Å²) in [6, 6.07) is 21.8. The third kappa shape index (κ3) is 6.80. The smallest absolute Gasteiger partial charge is 0.317 e. The summed E-state index contributed by atoms with van der Waals surface area (Å²) in [5, 5.41) is 12.1. The minimum atomic E-state index is -0.956. The van der Waals surface area contributed by atoms with Crippen molar-refractivity contribution >= 4 is 12.0 Å². The number of amides is 2. The van der Waals surface area contributed by atoms with Crippen molar-refractivity contribution in [2.75, 3.05) is 13.4 Å². The van der Waals surface area contributed by atoms with Crippen molar-refractivity contribution in [3.05, 3.63) is 89.5 Å². The highest BCUT2D eigenvalue weighted by Gasteiger charge is 2.16. The number of carboxylic acid groups (broad SMARTS) is 1. The molecule has 3 rings (SSSR count). The molecule has 0 aliphatic heterocycles. The van der Waals surface area contributed by atoms with Crippen LogP contribution in [0.25, 0.3) is 11.1 Å². The largest absolute Gasteiger partial charge is 0.481 e. The van der Waals surface area contributed by atoms with E-state index in [1.807, 2.05) is 49.4 Å². The first-order chi connectivity index (χ1) is 16.0. The zero-order valence-corrected chi connectivity index (χ0v) is 18.5. The van der Waals surface area contributed by atoms with Gasteiger partial charge in [-0.2, -0.15) is 0 Å². The fourth-order valence-corrected chi connectivity index (χ4v) is 3.58. The van der Waals surface area contributed by atoms with Gasteiger partial charge in [0.1, 0.15) is 5.75 Å². The van der Waals surface area contributed by atoms with Gasteiger partial charge in [0.15, 0.2) is 0 Å². The van der Waals surface area contributed by atoms with Crippen LogP contribution in [0.15, 0.2) is 72.8 Å². The molecule has 33 heavy (non-hydrogen) atoms. The maximum absolute atomic E-state index is 12.8. The van der Waals surface area contributed by atoms with Gasteiger partial charge in [-0.1, -0.05) is 60.7 Å². The number of aliphatic carboxylic acids is 1. The monoisotopic (exact) mass is 450 g/mol. The average molecular weight is 451 g/mol. The molecule has 2 N–H and O–H groups in total. The Morgan fingerprint density at radius 2 is 1.76 bits per heavy atom. The van der Waals surface area contributed by atoms with E-state index in [4.69, 9.17) is 9.84 Å². The minimum Gasteiger partial charge on any atom is -0.481 e. The number of hydrogen-bond acceptors (Lipinski definition) is 3. The summed E-state index contributed by atoms with van der Waals surface area (Å²) in [6.07, 6.45) is -0.0881. The predicted octanol–water partition coefficient (Wildman–Crippen LogP) is 5.02. The highest BCUT2D eigenvalue weighted by molar-refractivity contribution is 5.76. The zero-order chi connectivity index (χ0) is 23.6. The zero-order valence-electron chi connectivity index (χ0n) is 18.5. The summed E-state index contributed by atoms with van der Waals surface area (Å²) in [4.78, 5) is 25.6. The molecule has 0 aliphatic carbocycles. The topological polar surface area (TPSA) is 78.9 Å². The fraction of sp³-hybridized carbons (Fsp3) is 0.231. The molecule has 7 heteroatoms. The van der Waals surface area contributed by atoms with E-state index in [-0.39, 0.29) is 19.0 Å². The van der Waals surface area contributed by atoms with Crippen LogP contribution in [0.4, 0.5) is 9.18 Å². The molecule has 6 nitrogen and oxygen atoms in total. The Labute approximate surface area is 192 Å². The summed E-state index contributed by atoms with van der Waals surface area (Å²) in [5.41, 5.74) is 4.07. The molecular formula is C26H27FN2O4. The Kier molecular flexibility index (Phi) is 8.41. The molecule has 172 valence electrons. The molecule has 0 saturated carbocycles. The molecule has 0 spiro atoms. The van der Waals surface area contributed by atoms with E-state index in [0.717, 1.165) is 22.3 Å². The molecule has 3 aromatic carbocycles. The number of rotatable bonds is 10. The molecule has 3 aromatic rings. The maximum atomic E-state index is 12.8. The SMILES string of the molecule is CCN(Cc1cc(OCF)ccc1-c1cccc(CC(=O)O)c1)C(=O)NCc1ccccc1. The number of nitrogens with zero attached hydrogens (tertiary/aromatic N) is 1. The maximum Gasteiger partial charge on any atom is 0.317 e. The molecule has 0 atom stereocenters. The minimum absolute atomic E-state index is 0.0881. The van der Waals surface area contributed by atoms with E-state index in [0.29, 0.717) is 24.4 Å². The van der Waals surface area contributed by atoms with Crippen molar-refractivity contribution < 1.29 is 23.8 Å². The number of urea groups is 1. The Morgan fingerprint density at radius 1 is 1.00 bits per heavy atom. The lowest BCUT2D eigenvalue weighted by molar-refractivity contribution is -0.136. The van der Waals surface area contributed by atoms with Crippen LogP contribution in [0.5, 0.6) is 5.75 Å². The van der Waals surface area contributed by atoms with Gasteiger partial charge in [-0.15, -0.1) is 0 Å². The van der Waals surface area contributed by atoms with Crippen molar-refractivity contribution in [1.82, 2.24) is 10.2 Å². The Morgan fingerprint density at radius 3 is 2.45 bits per heavy atom. The van der Waals surface area contributed by atoms with Crippen LogP contribution in [0.2, 0.25) is 0 Å². The second-order valence-electron chi connectivity index (χ2n) is 7.50. The van der Waals surface area contributed by atoms with Crippen LogP contribution < -0.4 is 10.1 Å². The summed E-state index contributed by atoms with van der Waals surface area (Å²) >= 11 is 0. The first kappa shape index (κ1) is 23.8. The van der Waals surface area contributed by atoms with Gasteiger partial charge in [0.2, 0.25) is 6.86 Å². The Bertz CT molecular complexity index is 1090. The molecular weight excluding hydrogens is 423 g/mol. The lowest BCUT2D eigenvalue weighted by atomic mass is 9.96. The quantitative estimate of drug-likeness (QED) is 0.455. The number of carbonyl (C=O) groups is 2. The first-order valence-electron chi connectivity index (χ1n) is 10.7. The average Bonchev–Trinajstić information content (AvgIpc) is 2.82. The summed E-state index contributed by atoms with van der Waals surface area (Å²) < 4.78 is 17.8. The molecule has 0 fully saturated rings. The van der Waals surface area contributed by atoms with Crippen LogP contribution in [0.1, 0.15) is 23.6 Å². The van der Waals surface area contributed by atoms with E-state index >= 15 is 0 Å². The van der Waals surface area contributed by atoms with Crippen LogP contribution in [0.3, 0.4) is 0 Å². The third-order valence-electron chi connectivity index (χ3n) is 5.21. The van der Waals surface area contributed by atoms with Gasteiger partial charge in [-0.3, -0.25) is 4.79 Å². The molecule has 0 bridgehead atoms. The molecule has 0 aromatic heterocycles. The van der Waals surface area contributed by atoms with Gasteiger partial charge in [-0.05, 0) is 46.9 Å². The summed E-state index contributed by atoms with van der Waals surface area (Å²) in [6.45, 7) is 2.08. The Hall–Kier alpha value is -3.87. The van der Waals surface area contributed by atoms with Gasteiger partial charge < -0.3 is 20.1 Å². The first-order valence-corrected chi connectivity index (χ1v) is 10.7. The normalized spacial score (nSPS) is 10.5. The van der Waals surface area contributed by atoms with Crippen molar-refractivity contribution in [2.24, 2.45) is 0 Å². The highest BCUT2D eigenvalue weighted by Crippen LogP contribution is 2.29. The number of carboxylic acids is 1. The van der Waals surface area contributed by atoms with Gasteiger partial charge in [0, 0.05) is 19.6 Å². The number of alkyl halides is 1. The number of nitrogens with one attached hydrogen (secondary N) is 1. The molecule has 2 amide bonds. The Balaban J connectivity index is 1.85.